The van der Waals surface area contributed by atoms with E-state index in [9.17, 15) is 13.2 Å². The second-order valence-corrected chi connectivity index (χ2v) is 5.10. The summed E-state index contributed by atoms with van der Waals surface area (Å²) in [7, 11) is -3.66. The number of nitrogen functional groups attached to an aromatic ring is 1. The van der Waals surface area contributed by atoms with Crippen molar-refractivity contribution in [1.82, 2.24) is 0 Å². The number of anilines is 1. The average Bonchev–Trinajstić information content (AvgIpc) is 2.19. The van der Waals surface area contributed by atoms with E-state index in [-0.39, 0.29) is 4.90 Å². The molecule has 1 aromatic carbocycles. The number of nitrogens with two attached hydrogens (primary N) is 2. The van der Waals surface area contributed by atoms with E-state index in [4.69, 9.17) is 11.5 Å². The van der Waals surface area contributed by atoms with Gasteiger partial charge in [-0.1, -0.05) is 6.07 Å². The largest absolute Gasteiger partial charge is 0.398 e. The number of hydrogen-bond donors (Lipinski definition) is 2. The molecule has 0 bridgehead atoms. The van der Waals surface area contributed by atoms with Gasteiger partial charge in [-0.25, -0.2) is 8.42 Å². The first-order valence-corrected chi connectivity index (χ1v) is 5.96. The molecule has 1 aromatic rings. The number of carbonyl (C=O) groups excluding carboxylic acids is 1. The van der Waals surface area contributed by atoms with Crippen LogP contribution >= 0.6 is 0 Å². The van der Waals surface area contributed by atoms with Gasteiger partial charge in [-0.05, 0) is 24.6 Å². The van der Waals surface area contributed by atoms with Crippen molar-refractivity contribution in [3.05, 3.63) is 35.2 Å². The molecule has 0 aliphatic rings. The lowest BCUT2D eigenvalue weighted by molar-refractivity contribution is -0.113. The molecule has 86 valence electrons. The normalized spacial score (nSPS) is 11.8. The molecule has 0 aliphatic carbocycles. The number of aryl methyl sites for hydroxylation is 1. The second-order valence-electron chi connectivity index (χ2n) is 3.27. The quantitative estimate of drug-likeness (QED) is 0.587. The Balaban J connectivity index is 3.18. The van der Waals surface area contributed by atoms with Crippen LogP contribution < -0.4 is 11.5 Å². The number of hydrogen-bond acceptors (Lipinski definition) is 4. The van der Waals surface area contributed by atoms with Crippen molar-refractivity contribution in [3.63, 3.8) is 0 Å². The Kier molecular flexibility index (Phi) is 3.34. The lowest BCUT2D eigenvalue weighted by Crippen LogP contribution is -2.07. The number of benzene rings is 1. The SMILES string of the molecule is Cc1ccc(S(=O)(=O)/C=C/C(N)=O)cc1N. The maximum Gasteiger partial charge on any atom is 0.242 e. The highest BCUT2D eigenvalue weighted by atomic mass is 32.2. The van der Waals surface area contributed by atoms with Crippen LogP contribution in [0.3, 0.4) is 0 Å². The Hall–Kier alpha value is -1.82. The summed E-state index contributed by atoms with van der Waals surface area (Å²) in [5.74, 6) is -0.816. The highest BCUT2D eigenvalue weighted by Crippen LogP contribution is 2.18. The summed E-state index contributed by atoms with van der Waals surface area (Å²) < 4.78 is 23.3. The fourth-order valence-electron chi connectivity index (χ4n) is 1.03. The van der Waals surface area contributed by atoms with Gasteiger partial charge in [-0.2, -0.15) is 0 Å². The molecule has 1 amide bonds. The summed E-state index contributed by atoms with van der Waals surface area (Å²) in [4.78, 5) is 10.5. The Morgan fingerprint density at radius 3 is 2.50 bits per heavy atom. The third-order valence-corrected chi connectivity index (χ3v) is 3.40. The predicted molar refractivity (Wildman–Crippen MR) is 61.1 cm³/mol. The minimum absolute atomic E-state index is 0.0353. The van der Waals surface area contributed by atoms with E-state index in [1.165, 1.54) is 12.1 Å². The first kappa shape index (κ1) is 12.3. The summed E-state index contributed by atoms with van der Waals surface area (Å²) in [5.41, 5.74) is 11.6. The fourth-order valence-corrected chi connectivity index (χ4v) is 2.05. The van der Waals surface area contributed by atoms with Gasteiger partial charge in [0.1, 0.15) is 0 Å². The van der Waals surface area contributed by atoms with Gasteiger partial charge in [-0.15, -0.1) is 0 Å². The van der Waals surface area contributed by atoms with Crippen LogP contribution in [0, 0.1) is 6.92 Å². The van der Waals surface area contributed by atoms with Crippen LogP contribution in [0.4, 0.5) is 5.69 Å². The summed E-state index contributed by atoms with van der Waals surface area (Å²) in [5, 5.41) is 0.763. The molecular formula is C10H12N2O3S. The fraction of sp³-hybridized carbons (Fsp3) is 0.100. The number of carbonyl (C=O) groups is 1. The van der Waals surface area contributed by atoms with Gasteiger partial charge in [0.2, 0.25) is 5.91 Å². The number of rotatable bonds is 3. The molecule has 5 nitrogen and oxygen atoms in total. The zero-order valence-electron chi connectivity index (χ0n) is 8.67. The molecule has 0 spiro atoms. The van der Waals surface area contributed by atoms with Gasteiger partial charge in [0.15, 0.2) is 9.84 Å². The Morgan fingerprint density at radius 1 is 1.38 bits per heavy atom. The minimum atomic E-state index is -3.66. The average molecular weight is 240 g/mol. The molecule has 0 aliphatic heterocycles. The van der Waals surface area contributed by atoms with Crippen molar-refractivity contribution < 1.29 is 13.2 Å². The first-order valence-electron chi connectivity index (χ1n) is 4.41. The molecular weight excluding hydrogens is 228 g/mol. The van der Waals surface area contributed by atoms with Gasteiger partial charge in [0.25, 0.3) is 0 Å². The Morgan fingerprint density at radius 2 is 2.00 bits per heavy atom. The van der Waals surface area contributed by atoms with Crippen molar-refractivity contribution in [2.45, 2.75) is 11.8 Å². The molecule has 0 heterocycles. The minimum Gasteiger partial charge on any atom is -0.398 e. The van der Waals surface area contributed by atoms with Crippen molar-refractivity contribution in [2.24, 2.45) is 5.73 Å². The molecule has 0 unspecified atom stereocenters. The molecule has 1 rings (SSSR count). The van der Waals surface area contributed by atoms with Crippen molar-refractivity contribution in [3.8, 4) is 0 Å². The van der Waals surface area contributed by atoms with Crippen LogP contribution in [0.15, 0.2) is 34.6 Å². The van der Waals surface area contributed by atoms with E-state index >= 15 is 0 Å². The monoisotopic (exact) mass is 240 g/mol. The first-order chi connectivity index (χ1) is 7.33. The smallest absolute Gasteiger partial charge is 0.242 e. The van der Waals surface area contributed by atoms with Crippen molar-refractivity contribution in [2.75, 3.05) is 5.73 Å². The predicted octanol–water partition coefficient (Wildman–Crippen LogP) is 0.350. The third kappa shape index (κ3) is 2.83. The van der Waals surface area contributed by atoms with Crippen LogP contribution in [-0.2, 0) is 14.6 Å². The van der Waals surface area contributed by atoms with Crippen LogP contribution in [0.1, 0.15) is 5.56 Å². The molecule has 0 aromatic heterocycles. The van der Waals surface area contributed by atoms with Crippen LogP contribution in [0.2, 0.25) is 0 Å². The van der Waals surface area contributed by atoms with Gasteiger partial charge in [-0.3, -0.25) is 4.79 Å². The molecule has 0 fully saturated rings. The maximum atomic E-state index is 11.7. The van der Waals surface area contributed by atoms with Gasteiger partial charge >= 0.3 is 0 Å². The standard InChI is InChI=1S/C10H12N2O3S/c1-7-2-3-8(6-9(7)11)16(14,15)5-4-10(12)13/h2-6H,11H2,1H3,(H2,12,13)/b5-4+. The van der Waals surface area contributed by atoms with E-state index in [0.29, 0.717) is 5.69 Å². The molecule has 0 saturated heterocycles. The lowest BCUT2D eigenvalue weighted by atomic mass is 10.2. The van der Waals surface area contributed by atoms with E-state index in [0.717, 1.165) is 17.0 Å². The highest BCUT2D eigenvalue weighted by molar-refractivity contribution is 7.94. The topological polar surface area (TPSA) is 103 Å². The zero-order valence-corrected chi connectivity index (χ0v) is 9.49. The molecule has 0 saturated carbocycles. The molecule has 16 heavy (non-hydrogen) atoms. The third-order valence-electron chi connectivity index (χ3n) is 1.99. The van der Waals surface area contributed by atoms with E-state index < -0.39 is 15.7 Å². The van der Waals surface area contributed by atoms with Crippen LogP contribution in [0.25, 0.3) is 0 Å². The molecule has 6 heteroatoms. The second kappa shape index (κ2) is 4.36. The van der Waals surface area contributed by atoms with Crippen molar-refractivity contribution in [1.29, 1.82) is 0 Å². The Bertz CT molecular complexity index is 547. The van der Waals surface area contributed by atoms with Gasteiger partial charge in [0.05, 0.1) is 4.90 Å². The summed E-state index contributed by atoms with van der Waals surface area (Å²) in [6, 6.07) is 4.36. The summed E-state index contributed by atoms with van der Waals surface area (Å²) in [6.07, 6.45) is 0.797. The molecule has 4 N–H and O–H groups in total. The number of amides is 1. The van der Waals surface area contributed by atoms with Gasteiger partial charge in [0, 0.05) is 17.2 Å². The Labute approximate surface area is 93.7 Å². The highest BCUT2D eigenvalue weighted by Gasteiger charge is 2.11. The number of primary amides is 1. The maximum absolute atomic E-state index is 11.7. The zero-order chi connectivity index (χ0) is 12.3. The van der Waals surface area contributed by atoms with Crippen LogP contribution in [0.5, 0.6) is 0 Å². The number of sulfone groups is 1. The molecule has 0 atom stereocenters. The molecule has 0 radical (unpaired) electrons. The summed E-state index contributed by atoms with van der Waals surface area (Å²) >= 11 is 0. The van der Waals surface area contributed by atoms with Crippen LogP contribution in [-0.4, -0.2) is 14.3 Å². The van der Waals surface area contributed by atoms with Crippen molar-refractivity contribution >= 4 is 21.4 Å². The van der Waals surface area contributed by atoms with E-state index in [1.54, 1.807) is 13.0 Å². The van der Waals surface area contributed by atoms with Gasteiger partial charge < -0.3 is 11.5 Å². The summed E-state index contributed by atoms with van der Waals surface area (Å²) in [6.45, 7) is 1.77. The lowest BCUT2D eigenvalue weighted by Gasteiger charge is -2.03. The van der Waals surface area contributed by atoms with E-state index in [1.807, 2.05) is 0 Å². The van der Waals surface area contributed by atoms with E-state index in [2.05, 4.69) is 0 Å².